The lowest BCUT2D eigenvalue weighted by molar-refractivity contribution is 0.644. The van der Waals surface area contributed by atoms with Gasteiger partial charge in [-0.1, -0.05) is 24.3 Å². The Morgan fingerprint density at radius 1 is 1.11 bits per heavy atom. The van der Waals surface area contributed by atoms with Gasteiger partial charge in [-0.3, -0.25) is 0 Å². The molecule has 0 unspecified atom stereocenters. The van der Waals surface area contributed by atoms with Crippen LogP contribution in [-0.2, 0) is 6.42 Å². The van der Waals surface area contributed by atoms with E-state index in [0.717, 1.165) is 30.2 Å². The maximum Gasteiger partial charge on any atom is 0.226 e. The number of anilines is 1. The van der Waals surface area contributed by atoms with Crippen LogP contribution in [0.1, 0.15) is 35.0 Å². The molecule has 1 aromatic heterocycles. The largest absolute Gasteiger partial charge is 0.337 e. The fraction of sp³-hybridized carbons (Fsp3) is 0.375. The molecule has 0 N–H and O–H groups in total. The second-order valence-corrected chi connectivity index (χ2v) is 5.31. The van der Waals surface area contributed by atoms with Crippen molar-refractivity contribution >= 4 is 5.95 Å². The Hall–Kier alpha value is -1.90. The normalized spacial score (nSPS) is 17.3. The zero-order valence-electron chi connectivity index (χ0n) is 11.7. The fourth-order valence-corrected chi connectivity index (χ4v) is 2.94. The van der Waals surface area contributed by atoms with Gasteiger partial charge in [0.2, 0.25) is 5.95 Å². The van der Waals surface area contributed by atoms with Crippen molar-refractivity contribution in [3.05, 3.63) is 52.8 Å². The van der Waals surface area contributed by atoms with Crippen LogP contribution in [-0.4, -0.2) is 17.0 Å². The van der Waals surface area contributed by atoms with E-state index >= 15 is 0 Å². The molecule has 0 saturated heterocycles. The van der Waals surface area contributed by atoms with E-state index in [2.05, 4.69) is 46.2 Å². The molecule has 0 amide bonds. The molecule has 98 valence electrons. The molecule has 3 heteroatoms. The van der Waals surface area contributed by atoms with Crippen molar-refractivity contribution in [3.63, 3.8) is 0 Å². The SMILES string of the molecule is Cc1cc(C)nc(N(C)[C@@H]2CCc3ccccc32)n1. The van der Waals surface area contributed by atoms with Gasteiger partial charge in [-0.2, -0.15) is 0 Å². The number of nitrogens with zero attached hydrogens (tertiary/aromatic N) is 3. The summed E-state index contributed by atoms with van der Waals surface area (Å²) in [6.45, 7) is 4.04. The first-order valence-corrected chi connectivity index (χ1v) is 6.78. The highest BCUT2D eigenvalue weighted by Gasteiger charge is 2.26. The molecule has 1 heterocycles. The van der Waals surface area contributed by atoms with E-state index in [4.69, 9.17) is 0 Å². The van der Waals surface area contributed by atoms with Crippen molar-refractivity contribution in [1.29, 1.82) is 0 Å². The van der Waals surface area contributed by atoms with E-state index in [0.29, 0.717) is 6.04 Å². The van der Waals surface area contributed by atoms with Gasteiger partial charge >= 0.3 is 0 Å². The van der Waals surface area contributed by atoms with E-state index in [-0.39, 0.29) is 0 Å². The van der Waals surface area contributed by atoms with Crippen LogP contribution in [0.15, 0.2) is 30.3 Å². The van der Waals surface area contributed by atoms with Crippen LogP contribution in [0.5, 0.6) is 0 Å². The summed E-state index contributed by atoms with van der Waals surface area (Å²) in [5.74, 6) is 0.833. The first-order valence-electron chi connectivity index (χ1n) is 6.78. The van der Waals surface area contributed by atoms with Crippen molar-refractivity contribution in [2.24, 2.45) is 0 Å². The van der Waals surface area contributed by atoms with Gasteiger partial charge in [0.1, 0.15) is 0 Å². The Kier molecular flexibility index (Phi) is 2.97. The molecule has 1 aliphatic carbocycles. The third-order valence-corrected chi connectivity index (χ3v) is 3.85. The highest BCUT2D eigenvalue weighted by Crippen LogP contribution is 2.36. The molecule has 1 atom stereocenters. The van der Waals surface area contributed by atoms with Gasteiger partial charge in [-0.15, -0.1) is 0 Å². The Bertz CT molecular complexity index is 586. The van der Waals surface area contributed by atoms with Gasteiger partial charge in [0.25, 0.3) is 0 Å². The Balaban J connectivity index is 1.95. The summed E-state index contributed by atoms with van der Waals surface area (Å²) in [5.41, 5.74) is 4.94. The number of hydrogen-bond donors (Lipinski definition) is 0. The summed E-state index contributed by atoms with van der Waals surface area (Å²) >= 11 is 0. The standard InChI is InChI=1S/C16H19N3/c1-11-10-12(2)18-16(17-11)19(3)15-9-8-13-6-4-5-7-14(13)15/h4-7,10,15H,8-9H2,1-3H3/t15-/m1/s1. The van der Waals surface area contributed by atoms with E-state index in [1.165, 1.54) is 11.1 Å². The molecule has 3 nitrogen and oxygen atoms in total. The van der Waals surface area contributed by atoms with Gasteiger partial charge in [0, 0.05) is 18.4 Å². The van der Waals surface area contributed by atoms with Crippen LogP contribution in [0.4, 0.5) is 5.95 Å². The average molecular weight is 253 g/mol. The van der Waals surface area contributed by atoms with Gasteiger partial charge < -0.3 is 4.90 Å². The Labute approximate surface area is 114 Å². The molecule has 0 aliphatic heterocycles. The maximum absolute atomic E-state index is 4.57. The maximum atomic E-state index is 4.57. The van der Waals surface area contributed by atoms with E-state index < -0.39 is 0 Å². The predicted octanol–water partition coefficient (Wildman–Crippen LogP) is 3.22. The predicted molar refractivity (Wildman–Crippen MR) is 77.4 cm³/mol. The van der Waals surface area contributed by atoms with Gasteiger partial charge in [-0.25, -0.2) is 9.97 Å². The van der Waals surface area contributed by atoms with Crippen LogP contribution in [0.25, 0.3) is 0 Å². The molecule has 3 rings (SSSR count). The first kappa shape index (κ1) is 12.2. The van der Waals surface area contributed by atoms with Crippen LogP contribution in [0.3, 0.4) is 0 Å². The van der Waals surface area contributed by atoms with Crippen LogP contribution in [0.2, 0.25) is 0 Å². The molecular formula is C16H19N3. The average Bonchev–Trinajstić information content (AvgIpc) is 2.80. The summed E-state index contributed by atoms with van der Waals surface area (Å²) in [6.07, 6.45) is 2.29. The van der Waals surface area contributed by atoms with Crippen LogP contribution >= 0.6 is 0 Å². The monoisotopic (exact) mass is 253 g/mol. The number of fused-ring (bicyclic) bond motifs is 1. The second-order valence-electron chi connectivity index (χ2n) is 5.31. The van der Waals surface area contributed by atoms with Gasteiger partial charge in [0.15, 0.2) is 0 Å². The minimum absolute atomic E-state index is 0.400. The highest BCUT2D eigenvalue weighted by molar-refractivity contribution is 5.43. The molecule has 0 bridgehead atoms. The van der Waals surface area contributed by atoms with Crippen molar-refractivity contribution in [2.75, 3.05) is 11.9 Å². The molecule has 19 heavy (non-hydrogen) atoms. The molecule has 0 fully saturated rings. The molecule has 2 aromatic rings. The summed E-state index contributed by atoms with van der Waals surface area (Å²) in [7, 11) is 2.10. The molecule has 0 radical (unpaired) electrons. The van der Waals surface area contributed by atoms with E-state index in [9.17, 15) is 0 Å². The minimum atomic E-state index is 0.400. The topological polar surface area (TPSA) is 29.0 Å². The quantitative estimate of drug-likeness (QED) is 0.823. The summed E-state index contributed by atoms with van der Waals surface area (Å²) in [4.78, 5) is 11.3. The third kappa shape index (κ3) is 2.21. The van der Waals surface area contributed by atoms with Crippen molar-refractivity contribution in [1.82, 2.24) is 9.97 Å². The molecule has 0 saturated carbocycles. The van der Waals surface area contributed by atoms with Crippen LogP contribution in [0, 0.1) is 13.8 Å². The van der Waals surface area contributed by atoms with Crippen LogP contribution < -0.4 is 4.90 Å². The molecule has 1 aromatic carbocycles. The summed E-state index contributed by atoms with van der Waals surface area (Å²) < 4.78 is 0. The smallest absolute Gasteiger partial charge is 0.226 e. The lowest BCUT2D eigenvalue weighted by Crippen LogP contribution is -2.24. The molecular weight excluding hydrogens is 234 g/mol. The zero-order valence-corrected chi connectivity index (χ0v) is 11.7. The summed E-state index contributed by atoms with van der Waals surface area (Å²) in [5, 5.41) is 0. The van der Waals surface area contributed by atoms with Gasteiger partial charge in [0.05, 0.1) is 6.04 Å². The Morgan fingerprint density at radius 2 is 1.79 bits per heavy atom. The van der Waals surface area contributed by atoms with Crippen molar-refractivity contribution in [3.8, 4) is 0 Å². The van der Waals surface area contributed by atoms with Crippen molar-refractivity contribution < 1.29 is 0 Å². The number of hydrogen-bond acceptors (Lipinski definition) is 3. The zero-order chi connectivity index (χ0) is 13.4. The first-order chi connectivity index (χ1) is 9.15. The number of benzene rings is 1. The van der Waals surface area contributed by atoms with E-state index in [1.807, 2.05) is 19.9 Å². The minimum Gasteiger partial charge on any atom is -0.337 e. The number of rotatable bonds is 2. The lowest BCUT2D eigenvalue weighted by atomic mass is 10.1. The third-order valence-electron chi connectivity index (χ3n) is 3.85. The fourth-order valence-electron chi connectivity index (χ4n) is 2.94. The molecule has 1 aliphatic rings. The summed E-state index contributed by atoms with van der Waals surface area (Å²) in [6, 6.07) is 11.1. The lowest BCUT2D eigenvalue weighted by Gasteiger charge is -2.25. The molecule has 0 spiro atoms. The van der Waals surface area contributed by atoms with Crippen molar-refractivity contribution in [2.45, 2.75) is 32.7 Å². The van der Waals surface area contributed by atoms with Gasteiger partial charge in [-0.05, 0) is 43.9 Å². The number of aryl methyl sites for hydroxylation is 3. The number of aromatic nitrogens is 2. The highest BCUT2D eigenvalue weighted by atomic mass is 15.3. The Morgan fingerprint density at radius 3 is 2.53 bits per heavy atom. The van der Waals surface area contributed by atoms with E-state index in [1.54, 1.807) is 0 Å². The second kappa shape index (κ2) is 4.65.